The number of benzene rings is 1. The smallest absolute Gasteiger partial charge is 0.227 e. The van der Waals surface area contributed by atoms with Crippen LogP contribution < -0.4 is 10.2 Å². The Morgan fingerprint density at radius 2 is 1.62 bits per heavy atom. The van der Waals surface area contributed by atoms with Gasteiger partial charge < -0.3 is 14.1 Å². The summed E-state index contributed by atoms with van der Waals surface area (Å²) >= 11 is 0. The number of allylic oxidation sites excluding steroid dienone is 6. The number of hydrogen-bond donors (Lipinski definition) is 0. The minimum Gasteiger partial charge on any atom is -0.482 e. The third-order valence-electron chi connectivity index (χ3n) is 7.27. The summed E-state index contributed by atoms with van der Waals surface area (Å²) in [6.45, 7) is 5.64. The number of rotatable bonds is 18. The Hall–Kier alpha value is -3.45. The van der Waals surface area contributed by atoms with Crippen LogP contribution in [-0.4, -0.2) is 41.9 Å². The van der Waals surface area contributed by atoms with Crippen LogP contribution in [0.1, 0.15) is 82.5 Å². The lowest BCUT2D eigenvalue weighted by Crippen LogP contribution is -2.48. The number of carbonyl (C=O) groups is 1. The van der Waals surface area contributed by atoms with Gasteiger partial charge in [0.15, 0.2) is 0 Å². The van der Waals surface area contributed by atoms with Gasteiger partial charge in [0.1, 0.15) is 24.4 Å². The maximum atomic E-state index is 13.3. The van der Waals surface area contributed by atoms with E-state index in [-0.39, 0.29) is 29.5 Å². The van der Waals surface area contributed by atoms with Crippen LogP contribution in [0.4, 0.5) is 4.39 Å². The average Bonchev–Trinajstić information content (AvgIpc) is 2.99. The number of amides is 1. The van der Waals surface area contributed by atoms with Crippen molar-refractivity contribution < 1.29 is 18.3 Å². The Bertz CT molecular complexity index is 1210. The quantitative estimate of drug-likeness (QED) is 0.135. The molecule has 0 spiro atoms. The van der Waals surface area contributed by atoms with Crippen LogP contribution in [-0.2, 0) is 17.9 Å². The van der Waals surface area contributed by atoms with Gasteiger partial charge in [0.05, 0.1) is 6.54 Å². The van der Waals surface area contributed by atoms with Gasteiger partial charge >= 0.3 is 0 Å². The fourth-order valence-corrected chi connectivity index (χ4v) is 4.78. The fourth-order valence-electron chi connectivity index (χ4n) is 4.78. The van der Waals surface area contributed by atoms with Crippen molar-refractivity contribution in [3.63, 3.8) is 0 Å². The Morgan fingerprint density at radius 1 is 0.929 bits per heavy atom. The first-order valence-corrected chi connectivity index (χ1v) is 15.5. The minimum absolute atomic E-state index is 0.0870. The molecule has 1 fully saturated rings. The van der Waals surface area contributed by atoms with E-state index in [0.717, 1.165) is 45.2 Å². The molecule has 1 aliphatic heterocycles. The second-order valence-electron chi connectivity index (χ2n) is 10.8. The normalized spacial score (nSPS) is 14.5. The maximum Gasteiger partial charge on any atom is 0.227 e. The SMILES string of the molecule is CCCCC/C=C\C/C=C\C/C=C\CCCCC(=O)N1CCN(Cc2cc(=O)c(OCc3cccc(F)c3)co2)CC1. The van der Waals surface area contributed by atoms with E-state index < -0.39 is 0 Å². The molecule has 0 saturated carbocycles. The van der Waals surface area contributed by atoms with Crippen LogP contribution in [0, 0.1) is 5.82 Å². The van der Waals surface area contributed by atoms with Gasteiger partial charge in [-0.25, -0.2) is 4.39 Å². The zero-order valence-electron chi connectivity index (χ0n) is 25.1. The van der Waals surface area contributed by atoms with E-state index in [1.165, 1.54) is 50.1 Å². The molecule has 0 radical (unpaired) electrons. The maximum absolute atomic E-state index is 13.3. The molecule has 0 aliphatic carbocycles. The van der Waals surface area contributed by atoms with Gasteiger partial charge in [-0.3, -0.25) is 14.5 Å². The lowest BCUT2D eigenvalue weighted by atomic mass is 10.1. The third-order valence-corrected chi connectivity index (χ3v) is 7.27. The number of piperazine rings is 1. The number of ether oxygens (including phenoxy) is 1. The van der Waals surface area contributed by atoms with Crippen LogP contribution in [0.2, 0.25) is 0 Å². The molecule has 1 aliphatic rings. The van der Waals surface area contributed by atoms with Crippen LogP contribution in [0.5, 0.6) is 5.75 Å². The molecule has 6 nitrogen and oxygen atoms in total. The number of carbonyl (C=O) groups excluding carboxylic acids is 1. The molecule has 3 rings (SSSR count). The summed E-state index contributed by atoms with van der Waals surface area (Å²) in [6.07, 6.45) is 25.3. The van der Waals surface area contributed by atoms with E-state index in [9.17, 15) is 14.0 Å². The predicted molar refractivity (Wildman–Crippen MR) is 167 cm³/mol. The summed E-state index contributed by atoms with van der Waals surface area (Å²) in [5.74, 6) is 0.521. The van der Waals surface area contributed by atoms with Gasteiger partial charge in [-0.1, -0.05) is 68.4 Å². The lowest BCUT2D eigenvalue weighted by Gasteiger charge is -2.34. The van der Waals surface area contributed by atoms with E-state index >= 15 is 0 Å². The monoisotopic (exact) mass is 578 g/mol. The molecule has 0 bridgehead atoms. The van der Waals surface area contributed by atoms with Crippen LogP contribution in [0.15, 0.2) is 82.3 Å². The highest BCUT2D eigenvalue weighted by atomic mass is 19.1. The molecule has 7 heteroatoms. The van der Waals surface area contributed by atoms with E-state index in [1.807, 2.05) is 4.90 Å². The highest BCUT2D eigenvalue weighted by molar-refractivity contribution is 5.76. The summed E-state index contributed by atoms with van der Waals surface area (Å²) < 4.78 is 24.5. The van der Waals surface area contributed by atoms with Crippen molar-refractivity contribution in [2.45, 2.75) is 84.3 Å². The Morgan fingerprint density at radius 3 is 2.29 bits per heavy atom. The zero-order chi connectivity index (χ0) is 29.8. The number of hydrogen-bond acceptors (Lipinski definition) is 5. The van der Waals surface area contributed by atoms with Crippen molar-refractivity contribution in [1.82, 2.24) is 9.80 Å². The molecule has 1 amide bonds. The lowest BCUT2D eigenvalue weighted by molar-refractivity contribution is -0.133. The van der Waals surface area contributed by atoms with Gasteiger partial charge in [0.2, 0.25) is 17.1 Å². The molecule has 1 aromatic heterocycles. The molecule has 0 N–H and O–H groups in total. The highest BCUT2D eigenvalue weighted by Crippen LogP contribution is 2.14. The molecule has 228 valence electrons. The number of unbranched alkanes of at least 4 members (excludes halogenated alkanes) is 5. The summed E-state index contributed by atoms with van der Waals surface area (Å²) in [5, 5.41) is 0. The van der Waals surface area contributed by atoms with Gasteiger partial charge in [0.25, 0.3) is 0 Å². The summed E-state index contributed by atoms with van der Waals surface area (Å²) in [4.78, 5) is 29.2. The fraction of sp³-hybridized carbons (Fsp3) is 0.486. The molecular weight excluding hydrogens is 531 g/mol. The standard InChI is InChI=1S/C35H47FN2O4/c1-2-3-4-5-6-7-8-9-10-11-12-13-14-15-16-20-35(40)38-23-21-37(22-24-38)27-32-26-33(39)34(29-41-32)42-28-30-18-17-19-31(36)25-30/h6-7,9-10,12-13,17-19,25-26,29H,2-5,8,11,14-16,20-24,27-28H2,1H3/b7-6-,10-9-,13-12-. The summed E-state index contributed by atoms with van der Waals surface area (Å²) in [5.41, 5.74) is 0.367. The van der Waals surface area contributed by atoms with Crippen molar-refractivity contribution in [3.05, 3.63) is 100 Å². The highest BCUT2D eigenvalue weighted by Gasteiger charge is 2.21. The largest absolute Gasteiger partial charge is 0.482 e. The summed E-state index contributed by atoms with van der Waals surface area (Å²) in [6, 6.07) is 7.50. The van der Waals surface area contributed by atoms with Crippen molar-refractivity contribution in [2.75, 3.05) is 26.2 Å². The van der Waals surface area contributed by atoms with Crippen molar-refractivity contribution in [1.29, 1.82) is 0 Å². The van der Waals surface area contributed by atoms with Crippen LogP contribution in [0.3, 0.4) is 0 Å². The van der Waals surface area contributed by atoms with E-state index in [1.54, 1.807) is 12.1 Å². The van der Waals surface area contributed by atoms with Crippen LogP contribution in [0.25, 0.3) is 0 Å². The Labute approximate surface area is 250 Å². The van der Waals surface area contributed by atoms with Crippen molar-refractivity contribution >= 4 is 5.91 Å². The van der Waals surface area contributed by atoms with Gasteiger partial charge in [0, 0.05) is 38.7 Å². The Kier molecular flexibility index (Phi) is 15.5. The van der Waals surface area contributed by atoms with E-state index in [4.69, 9.17) is 9.15 Å². The minimum atomic E-state index is -0.348. The molecule has 2 heterocycles. The summed E-state index contributed by atoms with van der Waals surface area (Å²) in [7, 11) is 0. The second kappa shape index (κ2) is 19.6. The molecule has 42 heavy (non-hydrogen) atoms. The predicted octanol–water partition coefficient (Wildman–Crippen LogP) is 7.59. The van der Waals surface area contributed by atoms with E-state index in [2.05, 4.69) is 48.3 Å². The topological polar surface area (TPSA) is 63.0 Å². The molecular formula is C35H47FN2O4. The molecule has 1 aromatic carbocycles. The first-order chi connectivity index (χ1) is 20.5. The first kappa shape index (κ1) is 33.1. The Balaban J connectivity index is 1.24. The van der Waals surface area contributed by atoms with Crippen LogP contribution >= 0.6 is 0 Å². The third kappa shape index (κ3) is 13.0. The number of nitrogens with zero attached hydrogens (tertiary/aromatic N) is 2. The average molecular weight is 579 g/mol. The van der Waals surface area contributed by atoms with Crippen molar-refractivity contribution in [3.8, 4) is 5.75 Å². The first-order valence-electron chi connectivity index (χ1n) is 15.5. The molecule has 1 saturated heterocycles. The number of halogens is 1. The molecule has 2 aromatic rings. The van der Waals surface area contributed by atoms with Gasteiger partial charge in [-0.2, -0.15) is 0 Å². The zero-order valence-corrected chi connectivity index (χ0v) is 25.1. The molecule has 0 atom stereocenters. The van der Waals surface area contributed by atoms with Crippen molar-refractivity contribution in [2.24, 2.45) is 0 Å². The second-order valence-corrected chi connectivity index (χ2v) is 10.8. The van der Waals surface area contributed by atoms with Gasteiger partial charge in [-0.15, -0.1) is 0 Å². The van der Waals surface area contributed by atoms with Gasteiger partial charge in [-0.05, 0) is 62.6 Å². The van der Waals surface area contributed by atoms with E-state index in [0.29, 0.717) is 37.4 Å². The molecule has 0 unspecified atom stereocenters.